The number of benzene rings is 1. The van der Waals surface area contributed by atoms with E-state index in [2.05, 4.69) is 4.98 Å². The lowest BCUT2D eigenvalue weighted by Gasteiger charge is -2.09. The molecule has 3 rings (SSSR count). The molecule has 21 heavy (non-hydrogen) atoms. The maximum atomic E-state index is 12.5. The summed E-state index contributed by atoms with van der Waals surface area (Å²) in [6.07, 6.45) is 1.80. The molecule has 108 valence electrons. The van der Waals surface area contributed by atoms with E-state index in [0.717, 1.165) is 22.4 Å². The van der Waals surface area contributed by atoms with Crippen LogP contribution >= 0.6 is 0 Å². The van der Waals surface area contributed by atoms with Gasteiger partial charge in [0.1, 0.15) is 11.5 Å². The smallest absolute Gasteiger partial charge is 0.230 e. The number of nitrogens with one attached hydrogen (secondary N) is 1. The van der Waals surface area contributed by atoms with Crippen LogP contribution in [0.4, 0.5) is 0 Å². The number of furan rings is 1. The number of carbonyl (C=O) groups is 1. The van der Waals surface area contributed by atoms with Gasteiger partial charge in [-0.15, -0.1) is 0 Å². The first-order valence-electron chi connectivity index (χ1n) is 6.93. The molecule has 3 aromatic rings. The van der Waals surface area contributed by atoms with E-state index in [1.54, 1.807) is 18.3 Å². The van der Waals surface area contributed by atoms with Crippen LogP contribution in [-0.4, -0.2) is 16.9 Å². The van der Waals surface area contributed by atoms with Gasteiger partial charge < -0.3 is 14.1 Å². The lowest BCUT2D eigenvalue weighted by Crippen LogP contribution is -2.05. The molecule has 2 heterocycles. The number of fused-ring (bicyclic) bond motifs is 1. The number of rotatable bonds is 4. The summed E-state index contributed by atoms with van der Waals surface area (Å²) < 4.78 is 11.1. The normalized spacial score (nSPS) is 11.2. The number of ketones is 1. The van der Waals surface area contributed by atoms with Crippen LogP contribution in [0.5, 0.6) is 5.75 Å². The highest BCUT2D eigenvalue weighted by atomic mass is 16.5. The third-order valence-electron chi connectivity index (χ3n) is 3.23. The topological polar surface area (TPSA) is 55.2 Å². The summed E-state index contributed by atoms with van der Waals surface area (Å²) >= 11 is 0. The second-order valence-electron chi connectivity index (χ2n) is 5.32. The molecular weight excluding hydrogens is 266 g/mol. The number of aromatic amines is 1. The molecular formula is C17H17NO3. The van der Waals surface area contributed by atoms with Crippen LogP contribution in [0, 0.1) is 6.92 Å². The minimum absolute atomic E-state index is 0.0910. The number of aromatic nitrogens is 1. The van der Waals surface area contributed by atoms with Crippen molar-refractivity contribution in [2.75, 3.05) is 0 Å². The lowest BCUT2D eigenvalue weighted by molar-refractivity contribution is 0.101. The van der Waals surface area contributed by atoms with Gasteiger partial charge in [0.25, 0.3) is 0 Å². The third kappa shape index (κ3) is 2.57. The predicted molar refractivity (Wildman–Crippen MR) is 80.9 cm³/mol. The molecule has 0 radical (unpaired) electrons. The average Bonchev–Trinajstić information content (AvgIpc) is 3.03. The van der Waals surface area contributed by atoms with Crippen molar-refractivity contribution in [1.82, 2.24) is 4.98 Å². The fourth-order valence-corrected chi connectivity index (χ4v) is 2.32. The second-order valence-corrected chi connectivity index (χ2v) is 5.32. The quantitative estimate of drug-likeness (QED) is 0.734. The van der Waals surface area contributed by atoms with Crippen LogP contribution in [-0.2, 0) is 0 Å². The Labute approximate surface area is 122 Å². The molecule has 0 amide bonds. The zero-order valence-corrected chi connectivity index (χ0v) is 12.3. The molecule has 4 nitrogen and oxygen atoms in total. The van der Waals surface area contributed by atoms with Gasteiger partial charge in [-0.2, -0.15) is 0 Å². The van der Waals surface area contributed by atoms with Crippen molar-refractivity contribution in [2.24, 2.45) is 0 Å². The Balaban J connectivity index is 2.04. The van der Waals surface area contributed by atoms with Gasteiger partial charge >= 0.3 is 0 Å². The fourth-order valence-electron chi connectivity index (χ4n) is 2.32. The Morgan fingerprint density at radius 3 is 2.71 bits per heavy atom. The minimum atomic E-state index is -0.129. The maximum Gasteiger partial charge on any atom is 0.230 e. The molecule has 2 aromatic heterocycles. The molecule has 1 N–H and O–H groups in total. The van der Waals surface area contributed by atoms with Crippen molar-refractivity contribution < 1.29 is 13.9 Å². The Morgan fingerprint density at radius 1 is 1.24 bits per heavy atom. The summed E-state index contributed by atoms with van der Waals surface area (Å²) in [5, 5.41) is 0.840. The Morgan fingerprint density at radius 2 is 2.05 bits per heavy atom. The molecule has 0 aliphatic heterocycles. The van der Waals surface area contributed by atoms with Gasteiger partial charge in [0, 0.05) is 17.1 Å². The molecule has 0 saturated heterocycles. The molecule has 0 saturated carbocycles. The first-order chi connectivity index (χ1) is 10.0. The lowest BCUT2D eigenvalue weighted by atomic mass is 10.1. The highest BCUT2D eigenvalue weighted by Gasteiger charge is 2.17. The first kappa shape index (κ1) is 13.5. The monoisotopic (exact) mass is 283 g/mol. The van der Waals surface area contributed by atoms with Crippen LogP contribution < -0.4 is 4.74 Å². The summed E-state index contributed by atoms with van der Waals surface area (Å²) in [4.78, 5) is 15.6. The van der Waals surface area contributed by atoms with Gasteiger partial charge in [-0.05, 0) is 51.1 Å². The molecule has 1 aromatic carbocycles. The largest absolute Gasteiger partial charge is 0.491 e. The van der Waals surface area contributed by atoms with Gasteiger partial charge in [-0.25, -0.2) is 0 Å². The van der Waals surface area contributed by atoms with E-state index in [9.17, 15) is 4.79 Å². The van der Waals surface area contributed by atoms with Crippen molar-refractivity contribution in [3.05, 3.63) is 53.6 Å². The van der Waals surface area contributed by atoms with Crippen molar-refractivity contribution in [3.8, 4) is 5.75 Å². The Bertz CT molecular complexity index is 795. The van der Waals surface area contributed by atoms with E-state index in [1.807, 2.05) is 39.0 Å². The van der Waals surface area contributed by atoms with Gasteiger partial charge in [-0.3, -0.25) is 4.79 Å². The summed E-state index contributed by atoms with van der Waals surface area (Å²) in [5.41, 5.74) is 1.49. The van der Waals surface area contributed by atoms with Crippen LogP contribution in [0.3, 0.4) is 0 Å². The van der Waals surface area contributed by atoms with Gasteiger partial charge in [0.15, 0.2) is 5.76 Å². The number of hydrogen-bond donors (Lipinski definition) is 1. The van der Waals surface area contributed by atoms with Crippen molar-refractivity contribution >= 4 is 16.7 Å². The SMILES string of the molecule is Cc1ccc(C(=O)c2c[nH]c3ccc(OC(C)C)cc23)o1. The first-order valence-corrected chi connectivity index (χ1v) is 6.93. The van der Waals surface area contributed by atoms with Gasteiger partial charge in [0.05, 0.1) is 11.7 Å². The second kappa shape index (κ2) is 5.13. The van der Waals surface area contributed by atoms with Crippen molar-refractivity contribution in [3.63, 3.8) is 0 Å². The Kier molecular flexibility index (Phi) is 3.29. The van der Waals surface area contributed by atoms with Gasteiger partial charge in [0.2, 0.25) is 5.78 Å². The van der Waals surface area contributed by atoms with E-state index < -0.39 is 0 Å². The van der Waals surface area contributed by atoms with E-state index in [0.29, 0.717) is 11.3 Å². The molecule has 0 fully saturated rings. The van der Waals surface area contributed by atoms with E-state index in [1.165, 1.54) is 0 Å². The molecule has 0 atom stereocenters. The molecule has 0 unspecified atom stereocenters. The van der Waals surface area contributed by atoms with E-state index in [-0.39, 0.29) is 11.9 Å². The number of carbonyl (C=O) groups excluding carboxylic acids is 1. The average molecular weight is 283 g/mol. The molecule has 4 heteroatoms. The fraction of sp³-hybridized carbons (Fsp3) is 0.235. The number of ether oxygens (including phenoxy) is 1. The minimum Gasteiger partial charge on any atom is -0.491 e. The third-order valence-corrected chi connectivity index (χ3v) is 3.23. The summed E-state index contributed by atoms with van der Waals surface area (Å²) in [6, 6.07) is 9.18. The van der Waals surface area contributed by atoms with Crippen molar-refractivity contribution in [1.29, 1.82) is 0 Å². The highest BCUT2D eigenvalue weighted by molar-refractivity contribution is 6.15. The highest BCUT2D eigenvalue weighted by Crippen LogP contribution is 2.26. The summed E-state index contributed by atoms with van der Waals surface area (Å²) in [7, 11) is 0. The maximum absolute atomic E-state index is 12.5. The number of hydrogen-bond acceptors (Lipinski definition) is 3. The van der Waals surface area contributed by atoms with E-state index in [4.69, 9.17) is 9.15 Å². The van der Waals surface area contributed by atoms with E-state index >= 15 is 0 Å². The number of aryl methyl sites for hydroxylation is 1. The predicted octanol–water partition coefficient (Wildman–Crippen LogP) is 4.09. The zero-order valence-electron chi connectivity index (χ0n) is 12.3. The van der Waals surface area contributed by atoms with Crippen LogP contribution in [0.1, 0.15) is 35.7 Å². The van der Waals surface area contributed by atoms with Crippen LogP contribution in [0.2, 0.25) is 0 Å². The summed E-state index contributed by atoms with van der Waals surface area (Å²) in [6.45, 7) is 5.76. The summed E-state index contributed by atoms with van der Waals surface area (Å²) in [5.74, 6) is 1.70. The molecule has 0 aliphatic rings. The van der Waals surface area contributed by atoms with Crippen molar-refractivity contribution in [2.45, 2.75) is 26.9 Å². The van der Waals surface area contributed by atoms with Crippen LogP contribution in [0.25, 0.3) is 10.9 Å². The molecule has 0 spiro atoms. The van der Waals surface area contributed by atoms with Gasteiger partial charge in [-0.1, -0.05) is 0 Å². The number of H-pyrrole nitrogens is 1. The Hall–Kier alpha value is -2.49. The molecule has 0 bridgehead atoms. The molecule has 0 aliphatic carbocycles. The van der Waals surface area contributed by atoms with Crippen LogP contribution in [0.15, 0.2) is 40.9 Å². The zero-order chi connectivity index (χ0) is 15.0. The standard InChI is InChI=1S/C17H17NO3/c1-10(2)20-12-5-6-15-13(8-12)14(9-18-15)17(19)16-7-4-11(3)21-16/h4-10,18H,1-3H3.